The zero-order valence-electron chi connectivity index (χ0n) is 11.8. The van der Waals surface area contributed by atoms with Crippen molar-refractivity contribution in [1.82, 2.24) is 9.88 Å². The third kappa shape index (κ3) is 5.69. The summed E-state index contributed by atoms with van der Waals surface area (Å²) in [5.74, 6) is -1.08. The highest BCUT2D eigenvalue weighted by atomic mass is 16.4. The predicted octanol–water partition coefficient (Wildman–Crippen LogP) is 0.998. The van der Waals surface area contributed by atoms with Crippen LogP contribution in [0.3, 0.4) is 0 Å². The number of carboxylic acids is 1. The predicted molar refractivity (Wildman–Crippen MR) is 74.4 cm³/mol. The summed E-state index contributed by atoms with van der Waals surface area (Å²) in [6.45, 7) is 3.87. The normalized spacial score (nSPS) is 11.1. The molecule has 0 saturated carbocycles. The molecule has 0 aromatic carbocycles. The minimum absolute atomic E-state index is 0.00538. The van der Waals surface area contributed by atoms with Gasteiger partial charge in [0, 0.05) is 37.2 Å². The lowest BCUT2D eigenvalue weighted by Crippen LogP contribution is -2.44. The first-order valence-corrected chi connectivity index (χ1v) is 6.48. The Balaban J connectivity index is 2.45. The van der Waals surface area contributed by atoms with Crippen molar-refractivity contribution < 1.29 is 14.7 Å². The molecule has 0 spiro atoms. The Morgan fingerprint density at radius 3 is 2.60 bits per heavy atom. The highest BCUT2D eigenvalue weighted by Crippen LogP contribution is 2.11. The third-order valence-corrected chi connectivity index (χ3v) is 2.92. The highest BCUT2D eigenvalue weighted by Gasteiger charge is 2.21. The minimum atomic E-state index is -0.886. The van der Waals surface area contributed by atoms with Gasteiger partial charge in [0.05, 0.1) is 0 Å². The molecule has 0 bridgehead atoms. The number of aliphatic carboxylic acids is 1. The van der Waals surface area contributed by atoms with Crippen molar-refractivity contribution in [2.24, 2.45) is 0 Å². The summed E-state index contributed by atoms with van der Waals surface area (Å²) in [7, 11) is 0. The van der Waals surface area contributed by atoms with E-state index in [2.05, 4.69) is 5.32 Å². The van der Waals surface area contributed by atoms with Crippen molar-refractivity contribution in [1.29, 1.82) is 0 Å². The van der Waals surface area contributed by atoms with E-state index in [1.807, 2.05) is 0 Å². The molecule has 2 N–H and O–H groups in total. The summed E-state index contributed by atoms with van der Waals surface area (Å²) >= 11 is 0. The van der Waals surface area contributed by atoms with Crippen LogP contribution in [0, 0.1) is 0 Å². The number of hydrogen-bond acceptors (Lipinski definition) is 3. The van der Waals surface area contributed by atoms with E-state index >= 15 is 0 Å². The Labute approximate surface area is 117 Å². The molecule has 0 aliphatic carbocycles. The van der Waals surface area contributed by atoms with Crippen molar-refractivity contribution in [3.63, 3.8) is 0 Å². The molecule has 0 saturated heterocycles. The molecule has 6 nitrogen and oxygen atoms in total. The molecule has 0 radical (unpaired) electrons. The monoisotopic (exact) mass is 280 g/mol. The molecule has 1 aromatic heterocycles. The van der Waals surface area contributed by atoms with Crippen LogP contribution in [0.4, 0.5) is 0 Å². The summed E-state index contributed by atoms with van der Waals surface area (Å²) < 4.78 is 1.46. The van der Waals surface area contributed by atoms with E-state index in [1.54, 1.807) is 32.2 Å². The Kier molecular flexibility index (Phi) is 5.49. The molecule has 0 aliphatic rings. The summed E-state index contributed by atoms with van der Waals surface area (Å²) in [5, 5.41) is 11.4. The fraction of sp³-hybridized carbons (Fsp3) is 0.500. The van der Waals surface area contributed by atoms with E-state index in [0.29, 0.717) is 13.0 Å². The first-order valence-electron chi connectivity index (χ1n) is 6.48. The molecule has 110 valence electrons. The zero-order valence-corrected chi connectivity index (χ0v) is 11.8. The van der Waals surface area contributed by atoms with Crippen molar-refractivity contribution >= 4 is 11.9 Å². The Hall–Kier alpha value is -2.11. The van der Waals surface area contributed by atoms with Crippen LogP contribution in [0.25, 0.3) is 0 Å². The number of nitrogens with zero attached hydrogens (tertiary/aromatic N) is 1. The number of aryl methyl sites for hydroxylation is 1. The van der Waals surface area contributed by atoms with Gasteiger partial charge >= 0.3 is 5.97 Å². The number of carboxylic acid groups (broad SMARTS) is 1. The molecule has 1 rings (SSSR count). The van der Waals surface area contributed by atoms with Crippen LogP contribution in [0.5, 0.6) is 0 Å². The fourth-order valence-electron chi connectivity index (χ4n) is 1.79. The fourth-order valence-corrected chi connectivity index (χ4v) is 1.79. The van der Waals surface area contributed by atoms with Gasteiger partial charge in [0.2, 0.25) is 5.91 Å². The number of carbonyl (C=O) groups excluding carboxylic acids is 1. The van der Waals surface area contributed by atoms with Gasteiger partial charge in [-0.3, -0.25) is 14.4 Å². The van der Waals surface area contributed by atoms with Gasteiger partial charge in [-0.25, -0.2) is 0 Å². The van der Waals surface area contributed by atoms with Crippen LogP contribution >= 0.6 is 0 Å². The average molecular weight is 280 g/mol. The summed E-state index contributed by atoms with van der Waals surface area (Å²) in [5.41, 5.74) is -0.720. The van der Waals surface area contributed by atoms with E-state index in [4.69, 9.17) is 5.11 Å². The molecule has 6 heteroatoms. The largest absolute Gasteiger partial charge is 0.481 e. The highest BCUT2D eigenvalue weighted by molar-refractivity contribution is 5.76. The Morgan fingerprint density at radius 1 is 1.30 bits per heavy atom. The van der Waals surface area contributed by atoms with E-state index in [9.17, 15) is 14.4 Å². The van der Waals surface area contributed by atoms with Gasteiger partial charge in [-0.05, 0) is 26.3 Å². The van der Waals surface area contributed by atoms with Gasteiger partial charge in [-0.2, -0.15) is 0 Å². The first kappa shape index (κ1) is 15.9. The lowest BCUT2D eigenvalue weighted by atomic mass is 9.98. The molecule has 0 fully saturated rings. The lowest BCUT2D eigenvalue weighted by Gasteiger charge is -2.25. The zero-order chi connectivity index (χ0) is 15.2. The number of carbonyl (C=O) groups is 2. The van der Waals surface area contributed by atoms with Gasteiger partial charge in [0.1, 0.15) is 0 Å². The molecule has 1 heterocycles. The molecular formula is C14H20N2O4. The van der Waals surface area contributed by atoms with E-state index < -0.39 is 11.5 Å². The SMILES string of the molecule is CC(C)(CCC(=O)O)NC(=O)CCn1ccccc1=O. The van der Waals surface area contributed by atoms with E-state index in [-0.39, 0.29) is 24.3 Å². The molecule has 0 atom stereocenters. The average Bonchev–Trinajstić information content (AvgIpc) is 2.35. The number of aromatic nitrogens is 1. The second kappa shape index (κ2) is 6.88. The van der Waals surface area contributed by atoms with Crippen LogP contribution in [0.1, 0.15) is 33.1 Å². The minimum Gasteiger partial charge on any atom is -0.481 e. The molecule has 20 heavy (non-hydrogen) atoms. The third-order valence-electron chi connectivity index (χ3n) is 2.92. The maximum absolute atomic E-state index is 11.8. The summed E-state index contributed by atoms with van der Waals surface area (Å²) in [4.78, 5) is 33.8. The number of amides is 1. The Morgan fingerprint density at radius 2 is 2.00 bits per heavy atom. The Bertz CT molecular complexity index is 534. The van der Waals surface area contributed by atoms with Crippen LogP contribution in [0.15, 0.2) is 29.2 Å². The topological polar surface area (TPSA) is 88.4 Å². The molecule has 0 unspecified atom stereocenters. The van der Waals surface area contributed by atoms with Crippen LogP contribution in [0.2, 0.25) is 0 Å². The second-order valence-corrected chi connectivity index (χ2v) is 5.31. The number of pyridine rings is 1. The van der Waals surface area contributed by atoms with Crippen molar-refractivity contribution in [2.45, 2.75) is 45.2 Å². The van der Waals surface area contributed by atoms with Crippen LogP contribution in [-0.4, -0.2) is 27.1 Å². The van der Waals surface area contributed by atoms with Gasteiger partial charge in [0.25, 0.3) is 5.56 Å². The van der Waals surface area contributed by atoms with Crippen LogP contribution in [-0.2, 0) is 16.1 Å². The van der Waals surface area contributed by atoms with E-state index in [0.717, 1.165) is 0 Å². The van der Waals surface area contributed by atoms with Crippen LogP contribution < -0.4 is 10.9 Å². The number of rotatable bonds is 7. The first-order chi connectivity index (χ1) is 9.30. The quantitative estimate of drug-likeness (QED) is 0.779. The maximum atomic E-state index is 11.8. The molecular weight excluding hydrogens is 260 g/mol. The molecule has 1 amide bonds. The van der Waals surface area contributed by atoms with E-state index in [1.165, 1.54) is 10.6 Å². The van der Waals surface area contributed by atoms with Crippen molar-refractivity contribution in [3.05, 3.63) is 34.7 Å². The van der Waals surface area contributed by atoms with Gasteiger partial charge < -0.3 is 15.0 Å². The van der Waals surface area contributed by atoms with Gasteiger partial charge in [-0.1, -0.05) is 6.07 Å². The molecule has 1 aromatic rings. The maximum Gasteiger partial charge on any atom is 0.303 e. The smallest absolute Gasteiger partial charge is 0.303 e. The summed E-state index contributed by atoms with van der Waals surface area (Å²) in [6, 6.07) is 4.82. The number of hydrogen-bond donors (Lipinski definition) is 2. The lowest BCUT2D eigenvalue weighted by molar-refractivity contribution is -0.137. The van der Waals surface area contributed by atoms with Crippen molar-refractivity contribution in [2.75, 3.05) is 0 Å². The van der Waals surface area contributed by atoms with Crippen molar-refractivity contribution in [3.8, 4) is 0 Å². The second-order valence-electron chi connectivity index (χ2n) is 5.31. The van der Waals surface area contributed by atoms with Gasteiger partial charge in [-0.15, -0.1) is 0 Å². The summed E-state index contributed by atoms with van der Waals surface area (Å²) in [6.07, 6.45) is 2.18. The number of nitrogens with one attached hydrogen (secondary N) is 1. The van der Waals surface area contributed by atoms with Gasteiger partial charge in [0.15, 0.2) is 0 Å². The standard InChI is InChI=1S/C14H20N2O4/c1-14(2,8-6-13(19)20)15-11(17)7-10-16-9-4-3-5-12(16)18/h3-5,9H,6-8,10H2,1-2H3,(H,15,17)(H,19,20). The molecule has 0 aliphatic heterocycles.